The molecule has 0 bridgehead atoms. The molecule has 1 atom stereocenters. The molecule has 0 aliphatic carbocycles. The van der Waals surface area contributed by atoms with Gasteiger partial charge in [-0.15, -0.1) is 0 Å². The van der Waals surface area contributed by atoms with Crippen molar-refractivity contribution in [1.29, 1.82) is 0 Å². The second kappa shape index (κ2) is 5.61. The molecule has 29 heavy (non-hydrogen) atoms. The predicted octanol–water partition coefficient (Wildman–Crippen LogP) is 2.47. The van der Waals surface area contributed by atoms with E-state index in [1.54, 1.807) is 24.3 Å². The van der Waals surface area contributed by atoms with Crippen molar-refractivity contribution in [2.24, 2.45) is 0 Å². The highest BCUT2D eigenvalue weighted by molar-refractivity contribution is 7.60. The van der Waals surface area contributed by atoms with Crippen molar-refractivity contribution in [2.45, 2.75) is 5.60 Å². The van der Waals surface area contributed by atoms with E-state index in [0.717, 1.165) is 6.07 Å². The molecule has 0 fully saturated rings. The van der Waals surface area contributed by atoms with Gasteiger partial charge in [-0.3, -0.25) is 4.57 Å². The summed E-state index contributed by atoms with van der Waals surface area (Å²) >= 11 is 0. The second-order valence-electron chi connectivity index (χ2n) is 6.78. The lowest BCUT2D eigenvalue weighted by Gasteiger charge is -2.37. The number of aromatic hydroxyl groups is 2. The van der Waals surface area contributed by atoms with Gasteiger partial charge in [-0.05, 0) is 24.3 Å². The molecule has 0 radical (unpaired) electrons. The van der Waals surface area contributed by atoms with Crippen LogP contribution < -0.4 is 10.0 Å². The van der Waals surface area contributed by atoms with Gasteiger partial charge in [0.05, 0.1) is 16.4 Å². The van der Waals surface area contributed by atoms with Crippen LogP contribution in [0.5, 0.6) is 23.0 Å². The number of fused-ring (bicyclic) bond motifs is 6. The topological polar surface area (TPSA) is 134 Å². The third-order valence-electron chi connectivity index (χ3n) is 5.07. The van der Waals surface area contributed by atoms with E-state index >= 15 is 0 Å². The van der Waals surface area contributed by atoms with Gasteiger partial charge >= 0.3 is 13.6 Å². The highest BCUT2D eigenvalue weighted by Gasteiger charge is 2.56. The maximum absolute atomic E-state index is 12.7. The van der Waals surface area contributed by atoms with E-state index < -0.39 is 30.2 Å². The summed E-state index contributed by atoms with van der Waals surface area (Å²) in [6, 6.07) is 12.8. The molecule has 0 saturated heterocycles. The van der Waals surface area contributed by atoms with Crippen LogP contribution in [-0.2, 0) is 14.9 Å². The molecule has 3 aromatic rings. The number of phenolic OH excluding ortho intramolecular Hbond substituents is 2. The normalized spacial score (nSPS) is 19.2. The van der Waals surface area contributed by atoms with Crippen molar-refractivity contribution in [1.82, 2.24) is 0 Å². The van der Waals surface area contributed by atoms with E-state index in [-0.39, 0.29) is 28.4 Å². The third-order valence-corrected chi connectivity index (χ3v) is 6.05. The Morgan fingerprint density at radius 3 is 2.34 bits per heavy atom. The SMILES string of the molecule is O=C1OC2(c3ccc(O)cc3Oc3cc(O)cc(P(=O)(O)O)c32)c2ccccc21. The van der Waals surface area contributed by atoms with Crippen molar-refractivity contribution in [3.8, 4) is 23.0 Å². The quantitative estimate of drug-likeness (QED) is 0.354. The van der Waals surface area contributed by atoms with Gasteiger partial charge in [-0.25, -0.2) is 4.79 Å². The molecule has 2 heterocycles. The van der Waals surface area contributed by atoms with E-state index in [0.29, 0.717) is 11.1 Å². The fourth-order valence-electron chi connectivity index (χ4n) is 3.99. The van der Waals surface area contributed by atoms with Crippen LogP contribution in [0.25, 0.3) is 0 Å². The van der Waals surface area contributed by atoms with Crippen LogP contribution in [0, 0.1) is 0 Å². The summed E-state index contributed by atoms with van der Waals surface area (Å²) < 4.78 is 23.9. The molecular formula is C20H13O8P. The van der Waals surface area contributed by atoms with E-state index in [4.69, 9.17) is 9.47 Å². The monoisotopic (exact) mass is 412 g/mol. The average molecular weight is 412 g/mol. The predicted molar refractivity (Wildman–Crippen MR) is 99.7 cm³/mol. The molecular weight excluding hydrogens is 399 g/mol. The molecule has 0 amide bonds. The first-order valence-electron chi connectivity index (χ1n) is 8.49. The highest BCUT2D eigenvalue weighted by atomic mass is 31.2. The number of esters is 1. The minimum Gasteiger partial charge on any atom is -0.508 e. The van der Waals surface area contributed by atoms with Gasteiger partial charge in [0.2, 0.25) is 0 Å². The minimum atomic E-state index is -4.92. The number of phenols is 2. The molecule has 3 aromatic carbocycles. The number of carbonyl (C=O) groups excluding carboxylic acids is 1. The molecule has 9 heteroatoms. The van der Waals surface area contributed by atoms with Gasteiger partial charge in [-0.2, -0.15) is 0 Å². The van der Waals surface area contributed by atoms with E-state index in [1.807, 2.05) is 0 Å². The zero-order chi connectivity index (χ0) is 20.6. The lowest BCUT2D eigenvalue weighted by Crippen LogP contribution is -2.37. The summed E-state index contributed by atoms with van der Waals surface area (Å²) in [5, 5.41) is 19.4. The summed E-state index contributed by atoms with van der Waals surface area (Å²) in [7, 11) is -4.92. The van der Waals surface area contributed by atoms with Gasteiger partial charge in [0.1, 0.15) is 23.0 Å². The number of ether oxygens (including phenoxy) is 2. The maximum atomic E-state index is 12.7. The first kappa shape index (κ1) is 17.8. The molecule has 2 aliphatic rings. The van der Waals surface area contributed by atoms with Gasteiger partial charge < -0.3 is 29.5 Å². The summed E-state index contributed by atoms with van der Waals surface area (Å²) in [6.45, 7) is 0. The van der Waals surface area contributed by atoms with Crippen molar-refractivity contribution in [3.05, 3.63) is 76.9 Å². The fourth-order valence-corrected chi connectivity index (χ4v) is 4.85. The molecule has 2 aliphatic heterocycles. The van der Waals surface area contributed by atoms with Crippen LogP contribution in [0.4, 0.5) is 0 Å². The first-order chi connectivity index (χ1) is 13.7. The van der Waals surface area contributed by atoms with E-state index in [2.05, 4.69) is 0 Å². The number of carbonyl (C=O) groups is 1. The van der Waals surface area contributed by atoms with Crippen LogP contribution in [0.15, 0.2) is 54.6 Å². The first-order valence-corrected chi connectivity index (χ1v) is 10.1. The Morgan fingerprint density at radius 1 is 0.862 bits per heavy atom. The van der Waals surface area contributed by atoms with Gasteiger partial charge in [0.25, 0.3) is 0 Å². The van der Waals surface area contributed by atoms with Gasteiger partial charge in [-0.1, -0.05) is 18.2 Å². The Hall–Kier alpha value is -3.32. The van der Waals surface area contributed by atoms with Crippen LogP contribution in [0.3, 0.4) is 0 Å². The Bertz CT molecular complexity index is 1260. The molecule has 1 unspecified atom stereocenters. The molecule has 4 N–H and O–H groups in total. The van der Waals surface area contributed by atoms with E-state index in [1.165, 1.54) is 24.3 Å². The number of benzene rings is 3. The number of hydrogen-bond donors (Lipinski definition) is 4. The molecule has 8 nitrogen and oxygen atoms in total. The third kappa shape index (κ3) is 2.34. The van der Waals surface area contributed by atoms with Crippen molar-refractivity contribution in [2.75, 3.05) is 0 Å². The maximum Gasteiger partial charge on any atom is 0.356 e. The van der Waals surface area contributed by atoms with E-state index in [9.17, 15) is 29.4 Å². The molecule has 0 aromatic heterocycles. The van der Waals surface area contributed by atoms with Crippen LogP contribution >= 0.6 is 7.60 Å². The van der Waals surface area contributed by atoms with Crippen molar-refractivity contribution < 1.29 is 38.8 Å². The van der Waals surface area contributed by atoms with Crippen LogP contribution in [-0.4, -0.2) is 26.0 Å². The summed E-state index contributed by atoms with van der Waals surface area (Å²) in [6.07, 6.45) is 0. The summed E-state index contributed by atoms with van der Waals surface area (Å²) in [5.74, 6) is -1.18. The largest absolute Gasteiger partial charge is 0.508 e. The summed E-state index contributed by atoms with van der Waals surface area (Å²) in [4.78, 5) is 32.7. The fraction of sp³-hybridized carbons (Fsp3) is 0.0500. The Balaban J connectivity index is 1.98. The van der Waals surface area contributed by atoms with Crippen LogP contribution in [0.1, 0.15) is 27.0 Å². The number of rotatable bonds is 1. The lowest BCUT2D eigenvalue weighted by molar-refractivity contribution is 0.0226. The molecule has 146 valence electrons. The Labute approximate surface area is 163 Å². The Morgan fingerprint density at radius 2 is 1.59 bits per heavy atom. The molecule has 1 spiro atoms. The van der Waals surface area contributed by atoms with Crippen molar-refractivity contribution >= 4 is 18.9 Å². The average Bonchev–Trinajstić information content (AvgIpc) is 2.93. The Kier molecular flexibility index (Phi) is 3.43. The smallest absolute Gasteiger partial charge is 0.356 e. The lowest BCUT2D eigenvalue weighted by atomic mass is 9.77. The zero-order valence-electron chi connectivity index (χ0n) is 14.6. The minimum absolute atomic E-state index is 0.0693. The van der Waals surface area contributed by atoms with Gasteiger partial charge in [0, 0.05) is 23.3 Å². The summed E-state index contributed by atoms with van der Waals surface area (Å²) in [5.41, 5.74) is -0.873. The van der Waals surface area contributed by atoms with Gasteiger partial charge in [0.15, 0.2) is 5.60 Å². The zero-order valence-corrected chi connectivity index (χ0v) is 15.5. The molecule has 0 saturated carbocycles. The van der Waals surface area contributed by atoms with Crippen LogP contribution in [0.2, 0.25) is 0 Å². The second-order valence-corrected chi connectivity index (χ2v) is 8.35. The van der Waals surface area contributed by atoms with Crippen molar-refractivity contribution in [3.63, 3.8) is 0 Å². The number of hydrogen-bond acceptors (Lipinski definition) is 6. The highest BCUT2D eigenvalue weighted by Crippen LogP contribution is 2.58. The standard InChI is InChI=1S/C20H13O8P/c21-10-5-6-14-15(7-10)27-16-8-11(22)9-17(29(24,25)26)18(16)20(14)13-4-2-1-3-12(13)19(23)28-20/h1-9,21-22H,(H2,24,25,26). The molecule has 5 rings (SSSR count).